The molecule has 14 rings (SSSR count). The zero-order chi connectivity index (χ0) is 45.6. The fourth-order valence-corrected chi connectivity index (χ4v) is 9.51. The summed E-state index contributed by atoms with van der Waals surface area (Å²) >= 11 is 0. The van der Waals surface area contributed by atoms with Gasteiger partial charge in [-0.1, -0.05) is 121 Å². The van der Waals surface area contributed by atoms with Crippen molar-refractivity contribution in [1.29, 1.82) is 0 Å². The predicted molar refractivity (Wildman–Crippen MR) is 273 cm³/mol. The number of nitrogens with one attached hydrogen (secondary N) is 1. The van der Waals surface area contributed by atoms with Gasteiger partial charge in [0.05, 0.1) is 43.6 Å². The Bertz CT molecular complexity index is 3980. The van der Waals surface area contributed by atoms with Crippen LogP contribution in [0.1, 0.15) is 11.1 Å². The molecule has 0 radical (unpaired) electrons. The van der Waals surface area contributed by atoms with Crippen LogP contribution in [0.25, 0.3) is 94.2 Å². The van der Waals surface area contributed by atoms with Crippen molar-refractivity contribution >= 4 is 60.6 Å². The number of nitro benzene ring substituents is 1. The number of fused-ring (bicyclic) bond motifs is 10. The number of nitrogens with zero attached hydrogens (tertiary/aromatic N) is 7. The lowest BCUT2D eigenvalue weighted by Gasteiger charge is -2.08. The molecule has 68 heavy (non-hydrogen) atoms. The summed E-state index contributed by atoms with van der Waals surface area (Å²) in [6.07, 6.45) is 6.58. The van der Waals surface area contributed by atoms with Crippen LogP contribution in [0.3, 0.4) is 0 Å². The molecule has 0 saturated carbocycles. The van der Waals surface area contributed by atoms with E-state index in [1.165, 1.54) is 44.6 Å². The fourth-order valence-electron chi connectivity index (χ4n) is 9.51. The molecule has 0 aliphatic heterocycles. The van der Waals surface area contributed by atoms with Crippen molar-refractivity contribution in [3.8, 4) is 39.3 Å². The number of nitro groups is 1. The number of aromatic nitrogens is 7. The third kappa shape index (κ3) is 7.13. The largest absolute Gasteiger partial charge is 0.354 e. The molecule has 0 amide bonds. The molecule has 324 valence electrons. The molecule has 13 aromatic rings. The number of hydrogen-bond donors (Lipinski definition) is 1. The van der Waals surface area contributed by atoms with Crippen LogP contribution in [0.5, 0.6) is 0 Å². The van der Waals surface area contributed by atoms with Crippen LogP contribution in [0.4, 0.5) is 5.69 Å². The van der Waals surface area contributed by atoms with Crippen molar-refractivity contribution < 1.29 is 4.92 Å². The van der Waals surface area contributed by atoms with E-state index in [4.69, 9.17) is 0 Å². The lowest BCUT2D eigenvalue weighted by atomic mass is 10.0. The van der Waals surface area contributed by atoms with Crippen molar-refractivity contribution in [2.45, 2.75) is 6.42 Å². The van der Waals surface area contributed by atoms with Gasteiger partial charge in [-0.3, -0.25) is 23.8 Å². The smallest absolute Gasteiger partial charge is 0.277 e. The van der Waals surface area contributed by atoms with Gasteiger partial charge in [-0.25, -0.2) is 15.0 Å². The highest BCUT2D eigenvalue weighted by atomic mass is 16.6. The molecule has 0 atom stereocenters. The Labute approximate surface area is 389 Å². The van der Waals surface area contributed by atoms with Gasteiger partial charge in [0.15, 0.2) is 0 Å². The molecule has 4 heterocycles. The summed E-state index contributed by atoms with van der Waals surface area (Å²) < 4.78 is 6.32. The second-order valence-corrected chi connectivity index (χ2v) is 16.7. The van der Waals surface area contributed by atoms with Gasteiger partial charge in [0, 0.05) is 51.4 Å². The summed E-state index contributed by atoms with van der Waals surface area (Å²) in [5, 5.41) is 13.8. The summed E-state index contributed by atoms with van der Waals surface area (Å²) in [5.41, 5.74) is 18.8. The number of hydrogen-bond acceptors (Lipinski definition) is 5. The summed E-state index contributed by atoms with van der Waals surface area (Å²) in [4.78, 5) is 28.0. The Hall–Kier alpha value is -9.41. The fraction of sp³-hybridized carbons (Fsp3) is 0.0172. The van der Waals surface area contributed by atoms with Crippen LogP contribution in [-0.2, 0) is 6.42 Å². The van der Waals surface area contributed by atoms with Crippen LogP contribution in [0, 0.1) is 10.1 Å². The highest BCUT2D eigenvalue weighted by Gasteiger charge is 2.23. The predicted octanol–water partition coefficient (Wildman–Crippen LogP) is 13.9. The van der Waals surface area contributed by atoms with Crippen LogP contribution in [0.2, 0.25) is 0 Å². The standard InChI is InChI=1S/C20H14N2.C19H13N3O2.C19H13N3/c1-2-7-15(8-3-1)22-13-21-19-11-10-17-16-9-5-4-6-14(16)12-18(17)20(19)22;23-22(24)18-9-5-4-8-16(18)14-10-11-17-19(12-14)21(13-20-17)15-6-2-1-3-7-15;1-2-6-13(7-3-1)22-12-20-18-11-17-15(10-19(18)22)14-8-4-5-9-16(14)21-17/h1-11,13H,12H2;1-13H;1-12,21H. The minimum Gasteiger partial charge on any atom is -0.354 e. The van der Waals surface area contributed by atoms with Crippen molar-refractivity contribution in [3.63, 3.8) is 0 Å². The number of aromatic amines is 1. The molecule has 1 aliphatic carbocycles. The lowest BCUT2D eigenvalue weighted by molar-refractivity contribution is -0.384. The average molecular weight is 881 g/mol. The van der Waals surface area contributed by atoms with E-state index in [-0.39, 0.29) is 10.6 Å². The SMILES string of the molecule is O=[N+]([O-])c1ccccc1-c1ccc2ncn(-c3ccccc3)c2c1.c1ccc(-n2cnc3cc4[nH]c5ccccc5c4cc32)cc1.c1ccc(-n2cnc3ccc4c(c32)Cc2ccccc2-4)cc1. The van der Waals surface area contributed by atoms with Gasteiger partial charge >= 0.3 is 0 Å². The Morgan fingerprint density at radius 1 is 0.456 bits per heavy atom. The first-order valence-electron chi connectivity index (χ1n) is 22.4. The summed E-state index contributed by atoms with van der Waals surface area (Å²) in [6, 6.07) is 68.9. The number of rotatable bonds is 5. The second-order valence-electron chi connectivity index (χ2n) is 16.7. The van der Waals surface area contributed by atoms with E-state index >= 15 is 0 Å². The van der Waals surface area contributed by atoms with Gasteiger partial charge in [0.25, 0.3) is 5.69 Å². The van der Waals surface area contributed by atoms with Crippen LogP contribution in [-0.4, -0.2) is 38.6 Å². The Morgan fingerprint density at radius 3 is 1.74 bits per heavy atom. The van der Waals surface area contributed by atoms with Crippen LogP contribution < -0.4 is 0 Å². The topological polar surface area (TPSA) is 112 Å². The van der Waals surface area contributed by atoms with Crippen LogP contribution in [0.15, 0.2) is 225 Å². The van der Waals surface area contributed by atoms with E-state index < -0.39 is 0 Å². The van der Waals surface area contributed by atoms with E-state index in [0.29, 0.717) is 5.56 Å². The highest BCUT2D eigenvalue weighted by molar-refractivity contribution is 6.11. The zero-order valence-electron chi connectivity index (χ0n) is 36.5. The van der Waals surface area contributed by atoms with Gasteiger partial charge in [0.1, 0.15) is 19.0 Å². The van der Waals surface area contributed by atoms with Crippen molar-refractivity contribution in [3.05, 3.63) is 246 Å². The minimum absolute atomic E-state index is 0.0997. The molecule has 1 N–H and O–H groups in total. The Kier molecular flexibility index (Phi) is 9.95. The first-order valence-corrected chi connectivity index (χ1v) is 22.4. The molecule has 10 heteroatoms. The molecule has 0 saturated heterocycles. The normalized spacial score (nSPS) is 11.6. The summed E-state index contributed by atoms with van der Waals surface area (Å²) in [6.45, 7) is 0. The van der Waals surface area contributed by atoms with E-state index in [9.17, 15) is 10.1 Å². The molecule has 0 spiro atoms. The number of para-hydroxylation sites is 5. The monoisotopic (exact) mass is 880 g/mol. The molecule has 0 unspecified atom stereocenters. The maximum absolute atomic E-state index is 11.3. The number of benzene rings is 9. The Morgan fingerprint density at radius 2 is 1.01 bits per heavy atom. The van der Waals surface area contributed by atoms with Gasteiger partial charge in [0.2, 0.25) is 0 Å². The molecule has 4 aromatic heterocycles. The number of H-pyrrole nitrogens is 1. The number of imidazole rings is 3. The molecular weight excluding hydrogens is 841 g/mol. The zero-order valence-corrected chi connectivity index (χ0v) is 36.5. The van der Waals surface area contributed by atoms with Gasteiger partial charge < -0.3 is 4.98 Å². The molecular formula is C58H40N8O2. The van der Waals surface area contributed by atoms with E-state index in [2.05, 4.69) is 138 Å². The second kappa shape index (κ2) is 16.9. The van der Waals surface area contributed by atoms with E-state index in [1.54, 1.807) is 24.5 Å². The van der Waals surface area contributed by atoms with E-state index in [0.717, 1.165) is 67.7 Å². The third-order valence-corrected chi connectivity index (χ3v) is 12.7. The van der Waals surface area contributed by atoms with Gasteiger partial charge in [-0.15, -0.1) is 0 Å². The quantitative estimate of drug-likeness (QED) is 0.137. The molecule has 10 nitrogen and oxygen atoms in total. The molecule has 0 fully saturated rings. The van der Waals surface area contributed by atoms with Crippen molar-refractivity contribution in [1.82, 2.24) is 33.6 Å². The van der Waals surface area contributed by atoms with Gasteiger partial charge in [-0.05, 0) is 107 Å². The molecule has 0 bridgehead atoms. The summed E-state index contributed by atoms with van der Waals surface area (Å²) in [5.74, 6) is 0. The van der Waals surface area contributed by atoms with E-state index in [1.807, 2.05) is 90.0 Å². The van der Waals surface area contributed by atoms with Crippen LogP contribution >= 0.6 is 0 Å². The average Bonchev–Trinajstić information content (AvgIpc) is 4.25. The third-order valence-electron chi connectivity index (χ3n) is 12.7. The maximum Gasteiger partial charge on any atom is 0.277 e. The first-order chi connectivity index (χ1) is 33.6. The molecule has 9 aromatic carbocycles. The minimum atomic E-state index is -0.353. The first kappa shape index (κ1) is 40.1. The Balaban J connectivity index is 0.000000106. The lowest BCUT2D eigenvalue weighted by Crippen LogP contribution is -1.94. The molecule has 1 aliphatic rings. The van der Waals surface area contributed by atoms with Crippen molar-refractivity contribution in [2.24, 2.45) is 0 Å². The summed E-state index contributed by atoms with van der Waals surface area (Å²) in [7, 11) is 0. The van der Waals surface area contributed by atoms with Gasteiger partial charge in [-0.2, -0.15) is 0 Å². The maximum atomic E-state index is 11.3. The highest BCUT2D eigenvalue weighted by Crippen LogP contribution is 2.41. The van der Waals surface area contributed by atoms with Crippen molar-refractivity contribution in [2.75, 3.05) is 0 Å².